The quantitative estimate of drug-likeness (QED) is 0.278. The number of fused-ring (bicyclic) bond motifs is 2. The van der Waals surface area contributed by atoms with Gasteiger partial charge in [0.2, 0.25) is 5.91 Å². The van der Waals surface area contributed by atoms with Crippen LogP contribution in [0.25, 0.3) is 10.8 Å². The Labute approximate surface area is 247 Å². The molecule has 0 spiro atoms. The maximum Gasteiger partial charge on any atom is 0.490 e. The van der Waals surface area contributed by atoms with E-state index in [1.165, 1.54) is 6.07 Å². The van der Waals surface area contributed by atoms with E-state index in [9.17, 15) is 27.9 Å². The maximum atomic E-state index is 13.9. The molecule has 1 aliphatic rings. The topological polar surface area (TPSA) is 137 Å². The van der Waals surface area contributed by atoms with Gasteiger partial charge in [0.15, 0.2) is 5.75 Å². The van der Waals surface area contributed by atoms with Crippen LogP contribution in [0.15, 0.2) is 53.0 Å². The van der Waals surface area contributed by atoms with Crippen molar-refractivity contribution in [1.29, 1.82) is 0 Å². The van der Waals surface area contributed by atoms with Gasteiger partial charge in [-0.25, -0.2) is 9.59 Å². The zero-order valence-electron chi connectivity index (χ0n) is 22.8. The lowest BCUT2D eigenvalue weighted by Crippen LogP contribution is -2.51. The Kier molecular flexibility index (Phi) is 10.8. The van der Waals surface area contributed by atoms with Crippen molar-refractivity contribution in [3.8, 4) is 11.5 Å². The van der Waals surface area contributed by atoms with Crippen LogP contribution < -0.4 is 25.0 Å². The molecule has 0 aromatic heterocycles. The second-order valence-corrected chi connectivity index (χ2v) is 10.2. The molecule has 0 radical (unpaired) electrons. The Balaban J connectivity index is 0.000000616. The van der Waals surface area contributed by atoms with Crippen molar-refractivity contribution in [1.82, 2.24) is 10.6 Å². The molecule has 0 bridgehead atoms. The molecule has 0 saturated heterocycles. The summed E-state index contributed by atoms with van der Waals surface area (Å²) in [5.74, 6) is -3.25. The summed E-state index contributed by atoms with van der Waals surface area (Å²) in [6.07, 6.45) is -5.08. The Morgan fingerprint density at radius 1 is 1.19 bits per heavy atom. The molecule has 2 atom stereocenters. The van der Waals surface area contributed by atoms with E-state index < -0.39 is 24.2 Å². The van der Waals surface area contributed by atoms with E-state index in [0.29, 0.717) is 18.0 Å². The fourth-order valence-electron chi connectivity index (χ4n) is 4.19. The molecule has 0 unspecified atom stereocenters. The zero-order chi connectivity index (χ0) is 31.2. The fraction of sp³-hybridized carbons (Fsp3) is 0.321. The van der Waals surface area contributed by atoms with Crippen LogP contribution in [-0.2, 0) is 16.1 Å². The normalized spacial score (nSPS) is 15.5. The van der Waals surface area contributed by atoms with E-state index in [2.05, 4.69) is 26.6 Å². The van der Waals surface area contributed by atoms with Gasteiger partial charge in [0.25, 0.3) is 0 Å². The van der Waals surface area contributed by atoms with Crippen molar-refractivity contribution in [2.75, 3.05) is 32.2 Å². The Hall–Kier alpha value is -3.88. The van der Waals surface area contributed by atoms with Crippen LogP contribution in [0.1, 0.15) is 22.8 Å². The number of carboxylic acids is 2. The third kappa shape index (κ3) is 7.69. The van der Waals surface area contributed by atoms with Crippen LogP contribution in [0, 0.1) is 0 Å². The molecule has 4 rings (SSSR count). The highest BCUT2D eigenvalue weighted by Crippen LogP contribution is 2.38. The Morgan fingerprint density at radius 2 is 1.88 bits per heavy atom. The van der Waals surface area contributed by atoms with E-state index in [1.807, 2.05) is 44.3 Å². The van der Waals surface area contributed by atoms with Crippen molar-refractivity contribution in [3.63, 3.8) is 0 Å². The number of ether oxygens (including phenoxy) is 2. The van der Waals surface area contributed by atoms with E-state index >= 15 is 0 Å². The Bertz CT molecular complexity index is 1470. The summed E-state index contributed by atoms with van der Waals surface area (Å²) in [5.41, 5.74) is 1.25. The number of amides is 1. The Morgan fingerprint density at radius 3 is 2.48 bits per heavy atom. The largest absolute Gasteiger partial charge is 0.496 e. The number of rotatable bonds is 8. The first kappa shape index (κ1) is 32.6. The molecule has 3 aromatic carbocycles. The van der Waals surface area contributed by atoms with Gasteiger partial charge in [-0.1, -0.05) is 34.1 Å². The first-order valence-corrected chi connectivity index (χ1v) is 13.3. The number of carbonyl (C=O) groups excluding carboxylic acids is 1. The number of benzene rings is 3. The van der Waals surface area contributed by atoms with Crippen molar-refractivity contribution >= 4 is 50.2 Å². The number of anilines is 1. The summed E-state index contributed by atoms with van der Waals surface area (Å²) in [6.45, 7) is 2.74. The van der Waals surface area contributed by atoms with Crippen LogP contribution >= 0.6 is 15.9 Å². The van der Waals surface area contributed by atoms with Gasteiger partial charge in [0, 0.05) is 22.6 Å². The van der Waals surface area contributed by atoms with Crippen LogP contribution in [0.2, 0.25) is 0 Å². The van der Waals surface area contributed by atoms with Crippen LogP contribution in [-0.4, -0.2) is 73.6 Å². The highest BCUT2D eigenvalue weighted by molar-refractivity contribution is 9.10. The number of hydrogen-bond acceptors (Lipinski definition) is 7. The number of carbonyl (C=O) groups is 3. The number of halogens is 4. The number of alkyl halides is 3. The second-order valence-electron chi connectivity index (χ2n) is 9.26. The lowest BCUT2D eigenvalue weighted by atomic mass is 10.0. The minimum atomic E-state index is -5.08. The zero-order valence-corrected chi connectivity index (χ0v) is 24.4. The number of hydrogen-bond donors (Lipinski definition) is 4. The van der Waals surface area contributed by atoms with Crippen molar-refractivity contribution in [3.05, 3.63) is 64.1 Å². The second kappa shape index (κ2) is 13.9. The smallest absolute Gasteiger partial charge is 0.490 e. The van der Waals surface area contributed by atoms with E-state index in [1.54, 1.807) is 24.1 Å². The average molecular weight is 656 g/mol. The monoisotopic (exact) mass is 655 g/mol. The molecule has 1 heterocycles. The van der Waals surface area contributed by atoms with Gasteiger partial charge in [-0.3, -0.25) is 4.79 Å². The maximum absolute atomic E-state index is 13.9. The SMILES string of the molecule is CN[C@@H](C)CN[C@H]1COc2c(C(=O)O)cccc2N(Cc2c(OC)ccc3cc(Br)ccc23)C1=O.O=C(O)C(F)(F)F. The lowest BCUT2D eigenvalue weighted by molar-refractivity contribution is -0.192. The number of methoxy groups -OCH3 is 1. The molecule has 226 valence electrons. The third-order valence-corrected chi connectivity index (χ3v) is 6.96. The standard InChI is InChI=1S/C26H28BrN3O5.C2HF3O2/c1-15(28-2)12-29-21-14-35-24-19(26(32)33)5-4-6-22(24)30(25(21)31)13-20-18-9-8-17(27)11-16(18)7-10-23(20)34-3;3-2(4,5)1(6)7/h4-11,15,21,28-29H,12-14H2,1-3H3,(H,32,33);(H,6,7)/t15-,21-;/m0./s1. The van der Waals surface area contributed by atoms with Crippen molar-refractivity contribution in [2.24, 2.45) is 0 Å². The summed E-state index contributed by atoms with van der Waals surface area (Å²) in [7, 11) is 3.45. The first-order chi connectivity index (χ1) is 19.8. The molecule has 0 aliphatic carbocycles. The van der Waals surface area contributed by atoms with Crippen LogP contribution in [0.3, 0.4) is 0 Å². The number of likely N-dealkylation sites (N-methyl/N-ethyl adjacent to an activating group) is 1. The predicted octanol–water partition coefficient (Wildman–Crippen LogP) is 4.43. The molecular formula is C28H29BrF3N3O7. The predicted molar refractivity (Wildman–Crippen MR) is 152 cm³/mol. The molecule has 42 heavy (non-hydrogen) atoms. The summed E-state index contributed by atoms with van der Waals surface area (Å²) in [6, 6.07) is 14.1. The van der Waals surface area contributed by atoms with Gasteiger partial charge in [-0.15, -0.1) is 0 Å². The third-order valence-electron chi connectivity index (χ3n) is 6.47. The molecule has 0 fully saturated rings. The van der Waals surface area contributed by atoms with Gasteiger partial charge < -0.3 is 35.2 Å². The lowest BCUT2D eigenvalue weighted by Gasteiger charge is -2.27. The van der Waals surface area contributed by atoms with Gasteiger partial charge in [-0.05, 0) is 55.1 Å². The number of aliphatic carboxylic acids is 1. The average Bonchev–Trinajstić information content (AvgIpc) is 3.07. The molecule has 1 aliphatic heterocycles. The summed E-state index contributed by atoms with van der Waals surface area (Å²) in [5, 5.41) is 25.2. The number of nitrogens with one attached hydrogen (secondary N) is 2. The van der Waals surface area contributed by atoms with Crippen molar-refractivity contribution in [2.45, 2.75) is 31.7 Å². The highest BCUT2D eigenvalue weighted by Gasteiger charge is 2.38. The van der Waals surface area contributed by atoms with Gasteiger partial charge >= 0.3 is 18.1 Å². The number of carboxylic acid groups (broad SMARTS) is 2. The van der Waals surface area contributed by atoms with E-state index in [4.69, 9.17) is 19.4 Å². The van der Waals surface area contributed by atoms with Gasteiger partial charge in [0.05, 0.1) is 19.3 Å². The van der Waals surface area contributed by atoms with E-state index in [0.717, 1.165) is 20.8 Å². The molecule has 1 amide bonds. The molecule has 0 saturated carbocycles. The van der Waals surface area contributed by atoms with Crippen LogP contribution in [0.4, 0.5) is 18.9 Å². The van der Waals surface area contributed by atoms with Gasteiger partial charge in [-0.2, -0.15) is 13.2 Å². The summed E-state index contributed by atoms with van der Waals surface area (Å²) >= 11 is 3.52. The first-order valence-electron chi connectivity index (χ1n) is 12.5. The summed E-state index contributed by atoms with van der Waals surface area (Å²) in [4.78, 5) is 36.3. The highest BCUT2D eigenvalue weighted by atomic mass is 79.9. The van der Waals surface area contributed by atoms with Gasteiger partial charge in [0.1, 0.15) is 24.0 Å². The number of nitrogens with zero attached hydrogens (tertiary/aromatic N) is 1. The molecule has 10 nitrogen and oxygen atoms in total. The van der Waals surface area contributed by atoms with E-state index in [-0.39, 0.29) is 36.4 Å². The molecule has 4 N–H and O–H groups in total. The minimum absolute atomic E-state index is 0.0124. The number of aromatic carboxylic acids is 1. The number of para-hydroxylation sites is 1. The fourth-order valence-corrected chi connectivity index (χ4v) is 4.57. The molecule has 14 heteroatoms. The minimum Gasteiger partial charge on any atom is -0.496 e. The van der Waals surface area contributed by atoms with Crippen molar-refractivity contribution < 1.29 is 47.2 Å². The van der Waals surface area contributed by atoms with Crippen LogP contribution in [0.5, 0.6) is 11.5 Å². The summed E-state index contributed by atoms with van der Waals surface area (Å²) < 4.78 is 44.3. The molecule has 3 aromatic rings. The molecular weight excluding hydrogens is 627 g/mol.